The highest BCUT2D eigenvalue weighted by Crippen LogP contribution is 2.19. The molecule has 5 nitrogen and oxygen atoms in total. The van der Waals surface area contributed by atoms with E-state index in [1.54, 1.807) is 26.0 Å². The van der Waals surface area contributed by atoms with E-state index in [1.165, 1.54) is 17.2 Å². The Kier molecular flexibility index (Phi) is 8.43. The first-order valence-electron chi connectivity index (χ1n) is 9.77. The molecule has 1 N–H and O–H groups in total. The summed E-state index contributed by atoms with van der Waals surface area (Å²) in [6.45, 7) is 8.25. The molecule has 0 aliphatic carbocycles. The van der Waals surface area contributed by atoms with E-state index in [-0.39, 0.29) is 5.63 Å². The van der Waals surface area contributed by atoms with E-state index in [9.17, 15) is 4.79 Å². The summed E-state index contributed by atoms with van der Waals surface area (Å²) in [5.74, 6) is 0.674. The Hall–Kier alpha value is -2.63. The van der Waals surface area contributed by atoms with E-state index in [0.717, 1.165) is 24.6 Å². The normalized spacial score (nSPS) is 13.4. The minimum Gasteiger partial charge on any atom is -0.489 e. The zero-order chi connectivity index (χ0) is 21.3. The molecule has 1 aromatic heterocycles. The van der Waals surface area contributed by atoms with Gasteiger partial charge in [0, 0.05) is 17.5 Å². The molecule has 0 atom stereocenters. The number of hydrogen-bond acceptors (Lipinski definition) is 5. The van der Waals surface area contributed by atoms with Crippen LogP contribution in [0.2, 0.25) is 0 Å². The largest absolute Gasteiger partial charge is 0.489 e. The zero-order valence-electron chi connectivity index (χ0n) is 17.6. The molecule has 0 radical (unpaired) electrons. The molecule has 5 heteroatoms. The molecule has 2 rings (SSSR count). The summed E-state index contributed by atoms with van der Waals surface area (Å²) in [7, 11) is 0. The molecular formula is C24H30O5. The van der Waals surface area contributed by atoms with Crippen LogP contribution < -0.4 is 10.4 Å². The Labute approximate surface area is 171 Å². The maximum atomic E-state index is 11.3. The number of benzene rings is 1. The highest BCUT2D eigenvalue weighted by atomic mass is 17.1. The molecule has 0 unspecified atom stereocenters. The summed E-state index contributed by atoms with van der Waals surface area (Å²) in [6.07, 6.45) is 10.9. The van der Waals surface area contributed by atoms with Gasteiger partial charge in [-0.2, -0.15) is 0 Å². The van der Waals surface area contributed by atoms with Gasteiger partial charge < -0.3 is 9.15 Å². The van der Waals surface area contributed by atoms with Crippen LogP contribution in [0.15, 0.2) is 75.0 Å². The summed E-state index contributed by atoms with van der Waals surface area (Å²) in [5.41, 5.74) is 2.04. The van der Waals surface area contributed by atoms with E-state index in [1.807, 2.05) is 24.3 Å². The van der Waals surface area contributed by atoms with Crippen molar-refractivity contribution in [3.05, 3.63) is 76.2 Å². The lowest BCUT2D eigenvalue weighted by Gasteiger charge is -2.14. The Bertz CT molecular complexity index is 947. The molecular weight excluding hydrogens is 368 g/mol. The van der Waals surface area contributed by atoms with Crippen LogP contribution in [0.1, 0.15) is 47.0 Å². The van der Waals surface area contributed by atoms with Crippen molar-refractivity contribution >= 4 is 11.0 Å². The first-order valence-corrected chi connectivity index (χ1v) is 9.77. The monoisotopic (exact) mass is 398 g/mol. The molecule has 0 aliphatic heterocycles. The Morgan fingerprint density at radius 3 is 2.66 bits per heavy atom. The number of fused-ring (bicyclic) bond motifs is 1. The fourth-order valence-corrected chi connectivity index (χ4v) is 2.70. The van der Waals surface area contributed by atoms with E-state index in [0.29, 0.717) is 17.9 Å². The van der Waals surface area contributed by atoms with Crippen molar-refractivity contribution < 1.29 is 19.3 Å². The third-order valence-electron chi connectivity index (χ3n) is 4.50. The average molecular weight is 398 g/mol. The minimum atomic E-state index is -0.657. The topological polar surface area (TPSA) is 68.9 Å². The second kappa shape index (κ2) is 10.8. The average Bonchev–Trinajstić information content (AvgIpc) is 2.67. The highest BCUT2D eigenvalue weighted by molar-refractivity contribution is 5.77. The van der Waals surface area contributed by atoms with Crippen molar-refractivity contribution in [1.29, 1.82) is 0 Å². The van der Waals surface area contributed by atoms with Gasteiger partial charge in [0.1, 0.15) is 23.5 Å². The molecule has 0 saturated carbocycles. The van der Waals surface area contributed by atoms with E-state index in [2.05, 4.69) is 30.9 Å². The standard InChI is InChI=1S/C24H30O5/c1-18(9-6-15-24(3,4)29-26)7-5-8-19(2)14-16-27-21-12-10-20-11-13-23(25)28-22(20)17-21/h6-7,10-15,17,26H,5,8-9,16H2,1-4H3/b15-6+,18-7+,19-14+. The van der Waals surface area contributed by atoms with Gasteiger partial charge in [0.05, 0.1) is 0 Å². The van der Waals surface area contributed by atoms with Gasteiger partial charge in [-0.3, -0.25) is 5.26 Å². The Morgan fingerprint density at radius 2 is 1.90 bits per heavy atom. The number of hydrogen-bond donors (Lipinski definition) is 1. The van der Waals surface area contributed by atoms with Crippen LogP contribution in [0.25, 0.3) is 11.0 Å². The van der Waals surface area contributed by atoms with Gasteiger partial charge in [0.2, 0.25) is 0 Å². The van der Waals surface area contributed by atoms with Crippen LogP contribution in [-0.4, -0.2) is 17.5 Å². The maximum Gasteiger partial charge on any atom is 0.336 e. The van der Waals surface area contributed by atoms with Crippen LogP contribution in [0.4, 0.5) is 0 Å². The third-order valence-corrected chi connectivity index (χ3v) is 4.50. The van der Waals surface area contributed by atoms with Gasteiger partial charge in [0.15, 0.2) is 0 Å². The van der Waals surface area contributed by atoms with Gasteiger partial charge in [-0.05, 0) is 71.2 Å². The predicted octanol–water partition coefficient (Wildman–Crippen LogP) is 6.06. The van der Waals surface area contributed by atoms with Gasteiger partial charge in [-0.25, -0.2) is 9.68 Å². The van der Waals surface area contributed by atoms with Crippen molar-refractivity contribution in [2.24, 2.45) is 0 Å². The van der Waals surface area contributed by atoms with Crippen LogP contribution in [0.5, 0.6) is 5.75 Å². The van der Waals surface area contributed by atoms with Crippen LogP contribution >= 0.6 is 0 Å². The lowest BCUT2D eigenvalue weighted by molar-refractivity contribution is -0.297. The molecule has 2 aromatic rings. The Morgan fingerprint density at radius 1 is 1.14 bits per heavy atom. The third kappa shape index (κ3) is 8.10. The highest BCUT2D eigenvalue weighted by Gasteiger charge is 2.12. The molecule has 1 aromatic carbocycles. The molecule has 0 bridgehead atoms. The summed E-state index contributed by atoms with van der Waals surface area (Å²) in [6, 6.07) is 8.63. The number of rotatable bonds is 10. The van der Waals surface area contributed by atoms with Crippen molar-refractivity contribution in [2.45, 2.75) is 52.6 Å². The summed E-state index contributed by atoms with van der Waals surface area (Å²) in [4.78, 5) is 15.7. The van der Waals surface area contributed by atoms with E-state index < -0.39 is 5.60 Å². The van der Waals surface area contributed by atoms with Crippen LogP contribution in [0, 0.1) is 0 Å². The number of ether oxygens (including phenoxy) is 1. The minimum absolute atomic E-state index is 0.366. The van der Waals surface area contributed by atoms with Crippen LogP contribution in [0.3, 0.4) is 0 Å². The van der Waals surface area contributed by atoms with Gasteiger partial charge in [-0.15, -0.1) is 0 Å². The summed E-state index contributed by atoms with van der Waals surface area (Å²) < 4.78 is 10.9. The van der Waals surface area contributed by atoms with E-state index in [4.69, 9.17) is 14.4 Å². The van der Waals surface area contributed by atoms with Gasteiger partial charge >= 0.3 is 5.63 Å². The molecule has 1 heterocycles. The number of allylic oxidation sites excluding steroid dienone is 4. The maximum absolute atomic E-state index is 11.3. The quantitative estimate of drug-likeness (QED) is 0.228. The fraction of sp³-hybridized carbons (Fsp3) is 0.375. The first-order chi connectivity index (χ1) is 13.8. The molecule has 29 heavy (non-hydrogen) atoms. The van der Waals surface area contributed by atoms with Crippen molar-refractivity contribution in [3.8, 4) is 5.75 Å². The molecule has 0 aliphatic rings. The van der Waals surface area contributed by atoms with Gasteiger partial charge in [0.25, 0.3) is 0 Å². The molecule has 0 spiro atoms. The second-order valence-corrected chi connectivity index (χ2v) is 7.71. The Balaban J connectivity index is 1.78. The molecule has 0 amide bonds. The lowest BCUT2D eigenvalue weighted by atomic mass is 10.1. The van der Waals surface area contributed by atoms with Crippen molar-refractivity contribution in [1.82, 2.24) is 0 Å². The SMILES string of the molecule is C/C(=C\CC/C(C)=C/COc1ccc2ccc(=O)oc2c1)C/C=C/C(C)(C)OO. The lowest BCUT2D eigenvalue weighted by Crippen LogP contribution is -2.18. The molecule has 0 saturated heterocycles. The fourth-order valence-electron chi connectivity index (χ4n) is 2.70. The zero-order valence-corrected chi connectivity index (χ0v) is 17.6. The second-order valence-electron chi connectivity index (χ2n) is 7.71. The van der Waals surface area contributed by atoms with Crippen molar-refractivity contribution in [3.63, 3.8) is 0 Å². The molecule has 0 fully saturated rings. The first kappa shape index (κ1) is 22.7. The van der Waals surface area contributed by atoms with Gasteiger partial charge in [-0.1, -0.05) is 29.4 Å². The van der Waals surface area contributed by atoms with Crippen LogP contribution in [-0.2, 0) is 4.89 Å². The van der Waals surface area contributed by atoms with E-state index >= 15 is 0 Å². The summed E-state index contributed by atoms with van der Waals surface area (Å²) in [5, 5.41) is 9.63. The molecule has 156 valence electrons. The van der Waals surface area contributed by atoms with Crippen molar-refractivity contribution in [2.75, 3.05) is 6.61 Å². The smallest absolute Gasteiger partial charge is 0.336 e. The summed E-state index contributed by atoms with van der Waals surface area (Å²) >= 11 is 0. The predicted molar refractivity (Wildman–Crippen MR) is 116 cm³/mol.